The number of hydrogen-bond donors (Lipinski definition) is 1. The third-order valence-electron chi connectivity index (χ3n) is 3.23. The smallest absolute Gasteiger partial charge is 0.260 e. The molecule has 1 amide bonds. The van der Waals surface area contributed by atoms with Crippen molar-refractivity contribution in [2.24, 2.45) is 5.73 Å². The number of fused-ring (bicyclic) bond motifs is 1. The summed E-state index contributed by atoms with van der Waals surface area (Å²) in [4.78, 5) is 13.8. The zero-order valence-electron chi connectivity index (χ0n) is 12.1. The number of carbonyl (C=O) groups is 1. The zero-order valence-corrected chi connectivity index (χ0v) is 12.9. The number of nitrogens with two attached hydrogens (primary N) is 1. The number of ether oxygens (including phenoxy) is 1. The molecule has 0 bridgehead atoms. The van der Waals surface area contributed by atoms with Gasteiger partial charge in [-0.2, -0.15) is 0 Å². The summed E-state index contributed by atoms with van der Waals surface area (Å²) < 4.78 is 11.2. The van der Waals surface area contributed by atoms with E-state index >= 15 is 0 Å². The van der Waals surface area contributed by atoms with Crippen molar-refractivity contribution in [3.05, 3.63) is 30.0 Å². The summed E-state index contributed by atoms with van der Waals surface area (Å²) in [6, 6.07) is 7.36. The third kappa shape index (κ3) is 3.16. The van der Waals surface area contributed by atoms with E-state index in [1.807, 2.05) is 32.0 Å². The number of rotatable bonds is 6. The molecule has 2 rings (SSSR count). The molecule has 21 heavy (non-hydrogen) atoms. The molecule has 0 aliphatic heterocycles. The van der Waals surface area contributed by atoms with E-state index in [1.54, 1.807) is 11.0 Å². The van der Waals surface area contributed by atoms with Crippen LogP contribution in [0.2, 0.25) is 0 Å². The topological polar surface area (TPSA) is 68.7 Å². The molecule has 2 aromatic rings. The second-order valence-corrected chi connectivity index (χ2v) is 4.92. The molecule has 2 N–H and O–H groups in total. The van der Waals surface area contributed by atoms with Crippen LogP contribution in [0.1, 0.15) is 19.6 Å². The first-order valence-corrected chi connectivity index (χ1v) is 7.21. The van der Waals surface area contributed by atoms with Gasteiger partial charge in [0.05, 0.1) is 5.39 Å². The van der Waals surface area contributed by atoms with E-state index in [9.17, 15) is 4.79 Å². The normalized spacial score (nSPS) is 10.6. The molecule has 0 radical (unpaired) electrons. The van der Waals surface area contributed by atoms with Gasteiger partial charge in [-0.3, -0.25) is 4.79 Å². The predicted octanol–water partition coefficient (Wildman–Crippen LogP) is 2.31. The number of carbonyl (C=O) groups excluding carboxylic acids is 1. The minimum atomic E-state index is -0.0841. The van der Waals surface area contributed by atoms with Crippen molar-refractivity contribution in [1.29, 1.82) is 0 Å². The average molecular weight is 306 g/mol. The quantitative estimate of drug-likeness (QED) is 0.829. The number of thiocarbonyl (C=S) groups is 1. The Labute approximate surface area is 128 Å². The molecule has 1 heterocycles. The molecule has 0 saturated carbocycles. The highest BCUT2D eigenvalue weighted by molar-refractivity contribution is 7.80. The fraction of sp³-hybridized carbons (Fsp3) is 0.333. The van der Waals surface area contributed by atoms with Gasteiger partial charge in [-0.1, -0.05) is 24.4 Å². The molecular weight excluding hydrogens is 288 g/mol. The summed E-state index contributed by atoms with van der Waals surface area (Å²) in [6.45, 7) is 5.07. The molecule has 0 saturated heterocycles. The van der Waals surface area contributed by atoms with Crippen LogP contribution in [0.4, 0.5) is 0 Å². The molecule has 1 aromatic carbocycles. The highest BCUT2D eigenvalue weighted by Crippen LogP contribution is 2.32. The van der Waals surface area contributed by atoms with E-state index < -0.39 is 0 Å². The summed E-state index contributed by atoms with van der Waals surface area (Å²) in [5, 5.41) is 0.757. The lowest BCUT2D eigenvalue weighted by Gasteiger charge is -2.18. The second kappa shape index (κ2) is 6.58. The lowest BCUT2D eigenvalue weighted by molar-refractivity contribution is -0.132. The highest BCUT2D eigenvalue weighted by atomic mass is 32.1. The van der Waals surface area contributed by atoms with Crippen molar-refractivity contribution in [2.75, 3.05) is 19.7 Å². The van der Waals surface area contributed by atoms with Crippen molar-refractivity contribution < 1.29 is 13.9 Å². The van der Waals surface area contributed by atoms with Crippen LogP contribution < -0.4 is 10.5 Å². The van der Waals surface area contributed by atoms with Crippen LogP contribution in [0, 0.1) is 0 Å². The Morgan fingerprint density at radius 3 is 2.62 bits per heavy atom. The van der Waals surface area contributed by atoms with Gasteiger partial charge >= 0.3 is 0 Å². The minimum Gasteiger partial charge on any atom is -0.479 e. The molecule has 0 spiro atoms. The molecule has 6 heteroatoms. The van der Waals surface area contributed by atoms with Crippen molar-refractivity contribution >= 4 is 34.1 Å². The van der Waals surface area contributed by atoms with Gasteiger partial charge in [-0.05, 0) is 26.0 Å². The Morgan fingerprint density at radius 2 is 2.00 bits per heavy atom. The standard InChI is InChI=1S/C15H18N2O3S/c1-3-17(4-2)12(18)9-19-13-10-7-5-6-8-11(10)20-14(13)15(16)21/h5-8H,3-4,9H2,1-2H3,(H2,16,21). The van der Waals surface area contributed by atoms with Gasteiger partial charge in [-0.15, -0.1) is 0 Å². The third-order valence-corrected chi connectivity index (χ3v) is 3.42. The summed E-state index contributed by atoms with van der Waals surface area (Å²) in [6.07, 6.45) is 0. The van der Waals surface area contributed by atoms with Crippen molar-refractivity contribution in [3.63, 3.8) is 0 Å². The van der Waals surface area contributed by atoms with Crippen LogP contribution >= 0.6 is 12.2 Å². The molecule has 0 unspecified atom stereocenters. The van der Waals surface area contributed by atoms with Crippen molar-refractivity contribution in [2.45, 2.75) is 13.8 Å². The van der Waals surface area contributed by atoms with Crippen molar-refractivity contribution in [1.82, 2.24) is 4.90 Å². The summed E-state index contributed by atoms with van der Waals surface area (Å²) in [5.41, 5.74) is 6.29. The molecular formula is C15H18N2O3S. The van der Waals surface area contributed by atoms with Crippen molar-refractivity contribution in [3.8, 4) is 5.75 Å². The van der Waals surface area contributed by atoms with Gasteiger partial charge < -0.3 is 19.8 Å². The fourth-order valence-corrected chi connectivity index (χ4v) is 2.26. The van der Waals surface area contributed by atoms with Crippen LogP contribution in [-0.2, 0) is 4.79 Å². The van der Waals surface area contributed by atoms with E-state index in [0.717, 1.165) is 5.39 Å². The monoisotopic (exact) mass is 306 g/mol. The molecule has 0 aliphatic carbocycles. The Balaban J connectivity index is 2.27. The maximum absolute atomic E-state index is 12.0. The Kier molecular flexibility index (Phi) is 4.80. The first kappa shape index (κ1) is 15.3. The first-order chi connectivity index (χ1) is 10.1. The molecule has 112 valence electrons. The molecule has 0 aliphatic rings. The Hall–Kier alpha value is -2.08. The number of para-hydroxylation sites is 1. The largest absolute Gasteiger partial charge is 0.479 e. The van der Waals surface area contributed by atoms with Crippen LogP contribution in [0.5, 0.6) is 5.75 Å². The first-order valence-electron chi connectivity index (χ1n) is 6.80. The summed E-state index contributed by atoms with van der Waals surface area (Å²) in [5.74, 6) is 0.649. The van der Waals surface area contributed by atoms with Gasteiger partial charge in [0.15, 0.2) is 12.4 Å². The molecule has 0 atom stereocenters. The maximum atomic E-state index is 12.0. The Bertz CT molecular complexity index is 662. The van der Waals surface area contributed by atoms with Crippen LogP contribution in [0.15, 0.2) is 28.7 Å². The van der Waals surface area contributed by atoms with Crippen LogP contribution in [0.3, 0.4) is 0 Å². The van der Waals surface area contributed by atoms with Crippen LogP contribution in [-0.4, -0.2) is 35.5 Å². The summed E-state index contributed by atoms with van der Waals surface area (Å²) in [7, 11) is 0. The van der Waals surface area contributed by atoms with Gasteiger partial charge in [-0.25, -0.2) is 0 Å². The average Bonchev–Trinajstić information content (AvgIpc) is 2.85. The van der Waals surface area contributed by atoms with E-state index in [0.29, 0.717) is 30.2 Å². The second-order valence-electron chi connectivity index (χ2n) is 4.48. The number of benzene rings is 1. The van der Waals surface area contributed by atoms with E-state index in [-0.39, 0.29) is 17.5 Å². The SMILES string of the molecule is CCN(CC)C(=O)COc1c(C(N)=S)oc2ccccc12. The van der Waals surface area contributed by atoms with Gasteiger partial charge in [0.25, 0.3) is 5.91 Å². The maximum Gasteiger partial charge on any atom is 0.260 e. The van der Waals surface area contributed by atoms with E-state index in [1.165, 1.54) is 0 Å². The molecule has 0 fully saturated rings. The molecule has 1 aromatic heterocycles. The summed E-state index contributed by atoms with van der Waals surface area (Å²) >= 11 is 4.98. The lowest BCUT2D eigenvalue weighted by Crippen LogP contribution is -2.34. The number of likely N-dealkylation sites (N-methyl/N-ethyl adjacent to an activating group) is 1. The highest BCUT2D eigenvalue weighted by Gasteiger charge is 2.19. The fourth-order valence-electron chi connectivity index (χ4n) is 2.13. The predicted molar refractivity (Wildman–Crippen MR) is 85.5 cm³/mol. The molecule has 5 nitrogen and oxygen atoms in total. The van der Waals surface area contributed by atoms with Gasteiger partial charge in [0, 0.05) is 13.1 Å². The Morgan fingerprint density at radius 1 is 1.33 bits per heavy atom. The number of hydrogen-bond acceptors (Lipinski definition) is 4. The van der Waals surface area contributed by atoms with Crippen LogP contribution in [0.25, 0.3) is 11.0 Å². The van der Waals surface area contributed by atoms with E-state index in [4.69, 9.17) is 27.1 Å². The van der Waals surface area contributed by atoms with Gasteiger partial charge in [0.1, 0.15) is 10.6 Å². The lowest BCUT2D eigenvalue weighted by atomic mass is 10.2. The number of nitrogens with zero attached hydrogens (tertiary/aromatic N) is 1. The number of furan rings is 1. The van der Waals surface area contributed by atoms with Gasteiger partial charge in [0.2, 0.25) is 5.76 Å². The minimum absolute atomic E-state index is 0.0686. The van der Waals surface area contributed by atoms with E-state index in [2.05, 4.69) is 0 Å². The number of amides is 1. The zero-order chi connectivity index (χ0) is 15.4.